The molecular formula is C26H33N5O2. The maximum absolute atomic E-state index is 6.10. The third-order valence-corrected chi connectivity index (χ3v) is 5.93. The summed E-state index contributed by atoms with van der Waals surface area (Å²) >= 11 is 0. The minimum Gasteiger partial charge on any atom is -0.475 e. The molecule has 0 amide bonds. The number of rotatable bonds is 10. The van der Waals surface area contributed by atoms with Crippen LogP contribution >= 0.6 is 0 Å². The molecular weight excluding hydrogens is 414 g/mol. The Kier molecular flexibility index (Phi) is 7.65. The summed E-state index contributed by atoms with van der Waals surface area (Å²) in [6, 6.07) is 19.2. The molecule has 0 unspecified atom stereocenters. The van der Waals surface area contributed by atoms with Gasteiger partial charge in [-0.15, -0.1) is 0 Å². The summed E-state index contributed by atoms with van der Waals surface area (Å²) in [5.74, 6) is 0.667. The van der Waals surface area contributed by atoms with Crippen LogP contribution in [0.2, 0.25) is 0 Å². The molecule has 0 spiro atoms. The van der Waals surface area contributed by atoms with Gasteiger partial charge in [-0.3, -0.25) is 4.90 Å². The van der Waals surface area contributed by atoms with Crippen molar-refractivity contribution in [1.82, 2.24) is 9.88 Å². The van der Waals surface area contributed by atoms with E-state index in [0.717, 1.165) is 12.1 Å². The van der Waals surface area contributed by atoms with Crippen LogP contribution in [0.15, 0.2) is 54.6 Å². The second-order valence-corrected chi connectivity index (χ2v) is 8.38. The maximum Gasteiger partial charge on any atom is 0.217 e. The molecule has 3 aromatic rings. The first-order chi connectivity index (χ1) is 16.1. The second kappa shape index (κ2) is 11.0. The van der Waals surface area contributed by atoms with Crippen LogP contribution < -0.4 is 21.5 Å². The van der Waals surface area contributed by atoms with Crippen LogP contribution in [-0.4, -0.2) is 43.3 Å². The highest BCUT2D eigenvalue weighted by molar-refractivity contribution is 5.77. The van der Waals surface area contributed by atoms with Crippen molar-refractivity contribution in [3.05, 3.63) is 65.7 Å². The molecule has 1 fully saturated rings. The molecule has 1 aromatic heterocycles. The van der Waals surface area contributed by atoms with Gasteiger partial charge >= 0.3 is 0 Å². The minimum atomic E-state index is 0.246. The largest absolute Gasteiger partial charge is 0.475 e. The van der Waals surface area contributed by atoms with Crippen LogP contribution in [0.4, 0.5) is 17.2 Å². The van der Waals surface area contributed by atoms with Crippen molar-refractivity contribution in [3.63, 3.8) is 0 Å². The number of ether oxygens (including phenoxy) is 2. The number of nitrogens with zero attached hydrogens (tertiary/aromatic N) is 2. The molecule has 1 saturated heterocycles. The summed E-state index contributed by atoms with van der Waals surface area (Å²) < 4.78 is 10.6. The second-order valence-electron chi connectivity index (χ2n) is 8.38. The van der Waals surface area contributed by atoms with Gasteiger partial charge in [-0.2, -0.15) is 4.98 Å². The topological polar surface area (TPSA) is 98.7 Å². The van der Waals surface area contributed by atoms with Gasteiger partial charge in [0.25, 0.3) is 0 Å². The number of hydrogen-bond acceptors (Lipinski definition) is 7. The third-order valence-electron chi connectivity index (χ3n) is 5.93. The molecule has 5 N–H and O–H groups in total. The number of nitrogen functional groups attached to an aromatic ring is 2. The van der Waals surface area contributed by atoms with Crippen LogP contribution in [-0.2, 0) is 17.8 Å². The number of likely N-dealkylation sites (tertiary alicyclic amines) is 1. The lowest BCUT2D eigenvalue weighted by molar-refractivity contribution is 0.144. The van der Waals surface area contributed by atoms with E-state index in [9.17, 15) is 0 Å². The number of methoxy groups -OCH3 is 1. The normalized spacial score (nSPS) is 13.8. The van der Waals surface area contributed by atoms with Gasteiger partial charge in [0.15, 0.2) is 5.82 Å². The zero-order chi connectivity index (χ0) is 23.0. The fraction of sp³-hybridized carbons (Fsp3) is 0.346. The van der Waals surface area contributed by atoms with Crippen LogP contribution in [0.5, 0.6) is 5.88 Å². The number of anilines is 3. The lowest BCUT2D eigenvalue weighted by Gasteiger charge is -2.15. The third kappa shape index (κ3) is 6.15. The van der Waals surface area contributed by atoms with E-state index >= 15 is 0 Å². The van der Waals surface area contributed by atoms with E-state index in [1.807, 2.05) is 0 Å². The lowest BCUT2D eigenvalue weighted by Crippen LogP contribution is -2.18. The van der Waals surface area contributed by atoms with Gasteiger partial charge < -0.3 is 26.3 Å². The molecule has 4 rings (SSSR count). The monoisotopic (exact) mass is 447 g/mol. The molecule has 0 radical (unpaired) electrons. The standard InChI is InChI=1S/C26H33N5O2/c1-32-14-15-33-24-16-23(25(27)26(28)30-24)29-17-19-4-8-21(9-5-19)22-10-6-20(7-11-22)18-31-12-2-3-13-31/h4-11,16H,2-3,12-15,17-18,27H2,1H3,(H3,28,29,30). The van der Waals surface area contributed by atoms with Crippen LogP contribution in [0.1, 0.15) is 24.0 Å². The Labute approximate surface area is 195 Å². The molecule has 1 aliphatic rings. The molecule has 0 saturated carbocycles. The van der Waals surface area contributed by atoms with Gasteiger partial charge in [0.1, 0.15) is 6.61 Å². The number of benzene rings is 2. The van der Waals surface area contributed by atoms with E-state index in [1.165, 1.54) is 42.6 Å². The van der Waals surface area contributed by atoms with Crippen molar-refractivity contribution in [2.24, 2.45) is 0 Å². The molecule has 174 valence electrons. The van der Waals surface area contributed by atoms with Gasteiger partial charge in [-0.1, -0.05) is 48.5 Å². The number of aromatic nitrogens is 1. The summed E-state index contributed by atoms with van der Waals surface area (Å²) in [6.45, 7) is 4.97. The molecule has 0 atom stereocenters. The summed E-state index contributed by atoms with van der Waals surface area (Å²) in [5, 5.41) is 3.34. The van der Waals surface area contributed by atoms with Crippen LogP contribution in [0, 0.1) is 0 Å². The van der Waals surface area contributed by atoms with Crippen LogP contribution in [0.25, 0.3) is 11.1 Å². The quantitative estimate of drug-likeness (QED) is 0.402. The summed E-state index contributed by atoms with van der Waals surface area (Å²) in [4.78, 5) is 6.69. The van der Waals surface area contributed by atoms with E-state index < -0.39 is 0 Å². The highest BCUT2D eigenvalue weighted by atomic mass is 16.5. The summed E-state index contributed by atoms with van der Waals surface area (Å²) in [7, 11) is 1.62. The average molecular weight is 448 g/mol. The maximum atomic E-state index is 6.10. The van der Waals surface area contributed by atoms with Crippen molar-refractivity contribution in [1.29, 1.82) is 0 Å². The van der Waals surface area contributed by atoms with E-state index in [0.29, 0.717) is 37.0 Å². The van der Waals surface area contributed by atoms with Crippen molar-refractivity contribution < 1.29 is 9.47 Å². The SMILES string of the molecule is COCCOc1cc(NCc2ccc(-c3ccc(CN4CCCC4)cc3)cc2)c(N)c(N)n1. The highest BCUT2D eigenvalue weighted by Gasteiger charge is 2.12. The van der Waals surface area contributed by atoms with E-state index in [1.54, 1.807) is 13.2 Å². The minimum absolute atomic E-state index is 0.246. The fourth-order valence-corrected chi connectivity index (χ4v) is 4.01. The van der Waals surface area contributed by atoms with E-state index in [-0.39, 0.29) is 5.82 Å². The molecule has 0 aliphatic carbocycles. The van der Waals surface area contributed by atoms with Gasteiger partial charge in [0.05, 0.1) is 18.0 Å². The Morgan fingerprint density at radius 2 is 1.55 bits per heavy atom. The number of hydrogen-bond donors (Lipinski definition) is 3. The molecule has 2 heterocycles. The Hall–Kier alpha value is -3.29. The zero-order valence-electron chi connectivity index (χ0n) is 19.2. The van der Waals surface area contributed by atoms with Crippen molar-refractivity contribution in [2.45, 2.75) is 25.9 Å². The molecule has 2 aromatic carbocycles. The van der Waals surface area contributed by atoms with Crippen molar-refractivity contribution in [2.75, 3.05) is 50.2 Å². The van der Waals surface area contributed by atoms with Crippen LogP contribution in [0.3, 0.4) is 0 Å². The first-order valence-electron chi connectivity index (χ1n) is 11.4. The Bertz CT molecular complexity index is 1030. The zero-order valence-corrected chi connectivity index (χ0v) is 19.2. The van der Waals surface area contributed by atoms with Gasteiger partial charge in [-0.25, -0.2) is 0 Å². The number of nitrogens with two attached hydrogens (primary N) is 2. The molecule has 0 bridgehead atoms. The van der Waals surface area contributed by atoms with Gasteiger partial charge in [-0.05, 0) is 48.2 Å². The average Bonchev–Trinajstić information content (AvgIpc) is 3.34. The first kappa shape index (κ1) is 22.9. The highest BCUT2D eigenvalue weighted by Crippen LogP contribution is 2.29. The molecule has 7 nitrogen and oxygen atoms in total. The predicted molar refractivity (Wildman–Crippen MR) is 134 cm³/mol. The number of nitrogens with one attached hydrogen (secondary N) is 1. The summed E-state index contributed by atoms with van der Waals surface area (Å²) in [5.41, 5.74) is 18.1. The molecule has 1 aliphatic heterocycles. The van der Waals surface area contributed by atoms with Gasteiger partial charge in [0, 0.05) is 26.3 Å². The Morgan fingerprint density at radius 1 is 0.909 bits per heavy atom. The lowest BCUT2D eigenvalue weighted by atomic mass is 10.0. The number of pyridine rings is 1. The van der Waals surface area contributed by atoms with Gasteiger partial charge in [0.2, 0.25) is 5.88 Å². The van der Waals surface area contributed by atoms with Crippen molar-refractivity contribution in [3.8, 4) is 17.0 Å². The predicted octanol–water partition coefficient (Wildman–Crippen LogP) is 4.15. The Morgan fingerprint density at radius 3 is 2.18 bits per heavy atom. The fourth-order valence-electron chi connectivity index (χ4n) is 4.01. The Balaban J connectivity index is 1.36. The smallest absolute Gasteiger partial charge is 0.217 e. The summed E-state index contributed by atoms with van der Waals surface area (Å²) in [6.07, 6.45) is 2.65. The molecule has 33 heavy (non-hydrogen) atoms. The van der Waals surface area contributed by atoms with E-state index in [2.05, 4.69) is 63.7 Å². The first-order valence-corrected chi connectivity index (χ1v) is 11.4. The molecule has 7 heteroatoms. The van der Waals surface area contributed by atoms with Crippen molar-refractivity contribution >= 4 is 17.2 Å². The van der Waals surface area contributed by atoms with E-state index in [4.69, 9.17) is 20.9 Å².